The van der Waals surface area contributed by atoms with Crippen LogP contribution < -0.4 is 5.32 Å². The third-order valence-corrected chi connectivity index (χ3v) is 4.55. The maximum Gasteiger partial charge on any atom is 0.307 e. The van der Waals surface area contributed by atoms with Crippen molar-refractivity contribution in [1.82, 2.24) is 10.2 Å². The summed E-state index contributed by atoms with van der Waals surface area (Å²) >= 11 is 0. The predicted octanol–water partition coefficient (Wildman–Crippen LogP) is 2.27. The molecule has 1 aromatic rings. The molecule has 144 valence electrons. The van der Waals surface area contributed by atoms with E-state index in [1.54, 1.807) is 0 Å². The number of amides is 1. The summed E-state index contributed by atoms with van der Waals surface area (Å²) < 4.78 is 5.57. The van der Waals surface area contributed by atoms with Crippen LogP contribution in [0.15, 0.2) is 24.3 Å². The van der Waals surface area contributed by atoms with Gasteiger partial charge in [-0.15, -0.1) is 0 Å². The Morgan fingerprint density at radius 3 is 2.50 bits per heavy atom. The van der Waals surface area contributed by atoms with Gasteiger partial charge in [0.2, 0.25) is 5.91 Å². The number of benzene rings is 1. The van der Waals surface area contributed by atoms with Crippen molar-refractivity contribution >= 4 is 11.9 Å². The van der Waals surface area contributed by atoms with Crippen molar-refractivity contribution in [2.24, 2.45) is 11.8 Å². The molecule has 1 aromatic carbocycles. The van der Waals surface area contributed by atoms with Crippen LogP contribution in [0.1, 0.15) is 38.3 Å². The monoisotopic (exact) mass is 362 g/mol. The minimum Gasteiger partial charge on any atom is -0.481 e. The van der Waals surface area contributed by atoms with E-state index < -0.39 is 5.97 Å². The fraction of sp³-hybridized carbons (Fsp3) is 0.600. The number of carbonyl (C=O) groups is 2. The summed E-state index contributed by atoms with van der Waals surface area (Å²) in [5.41, 5.74) is 2.14. The van der Waals surface area contributed by atoms with E-state index in [0.29, 0.717) is 32.0 Å². The fourth-order valence-corrected chi connectivity index (χ4v) is 3.25. The summed E-state index contributed by atoms with van der Waals surface area (Å²) in [6.07, 6.45) is 0.882. The number of hydrogen-bond acceptors (Lipinski definition) is 4. The van der Waals surface area contributed by atoms with Crippen LogP contribution in [0.5, 0.6) is 0 Å². The first kappa shape index (κ1) is 20.4. The van der Waals surface area contributed by atoms with Gasteiger partial charge in [-0.2, -0.15) is 0 Å². The van der Waals surface area contributed by atoms with E-state index in [0.717, 1.165) is 17.7 Å². The molecule has 1 amide bonds. The zero-order valence-corrected chi connectivity index (χ0v) is 15.9. The highest BCUT2D eigenvalue weighted by atomic mass is 16.5. The van der Waals surface area contributed by atoms with Gasteiger partial charge in [-0.05, 0) is 37.3 Å². The average molecular weight is 362 g/mol. The Kier molecular flexibility index (Phi) is 7.60. The Balaban J connectivity index is 1.76. The maximum absolute atomic E-state index is 12.2. The van der Waals surface area contributed by atoms with Gasteiger partial charge in [0, 0.05) is 19.6 Å². The normalized spacial score (nSPS) is 20.9. The van der Waals surface area contributed by atoms with Crippen LogP contribution in [0.3, 0.4) is 0 Å². The molecule has 2 rings (SSSR count). The summed E-state index contributed by atoms with van der Waals surface area (Å²) in [7, 11) is 0. The molecule has 6 heteroatoms. The lowest BCUT2D eigenvalue weighted by Gasteiger charge is -2.34. The summed E-state index contributed by atoms with van der Waals surface area (Å²) in [6, 6.07) is 7.99. The zero-order chi connectivity index (χ0) is 19.1. The van der Waals surface area contributed by atoms with Crippen LogP contribution in [0, 0.1) is 11.8 Å². The molecule has 1 heterocycles. The molecule has 0 bridgehead atoms. The lowest BCUT2D eigenvalue weighted by Crippen LogP contribution is -2.46. The molecular formula is C20H30N2O4. The number of nitrogens with zero attached hydrogens (tertiary/aromatic N) is 1. The average Bonchev–Trinajstić information content (AvgIpc) is 2.58. The van der Waals surface area contributed by atoms with Crippen LogP contribution in [0.2, 0.25) is 0 Å². The second kappa shape index (κ2) is 9.69. The second-order valence-electron chi connectivity index (χ2n) is 7.52. The SMILES string of the molecule is CC1CC(C(=O)O)CN(CC(=O)NCc2ccc(COC(C)C)cc2)C1. The van der Waals surface area contributed by atoms with Crippen molar-refractivity contribution in [3.63, 3.8) is 0 Å². The minimum absolute atomic E-state index is 0.0737. The summed E-state index contributed by atoms with van der Waals surface area (Å²) in [5.74, 6) is -0.940. The standard InChI is InChI=1S/C20H30N2O4/c1-14(2)26-13-17-6-4-16(5-7-17)9-21-19(23)12-22-10-15(3)8-18(11-22)20(24)25/h4-7,14-15,18H,8-13H2,1-3H3,(H,21,23)(H,24,25). The number of carboxylic acid groups (broad SMARTS) is 1. The highest BCUT2D eigenvalue weighted by molar-refractivity contribution is 5.78. The Morgan fingerprint density at radius 1 is 1.23 bits per heavy atom. The summed E-state index contributed by atoms with van der Waals surface area (Å²) in [5, 5.41) is 12.1. The lowest BCUT2D eigenvalue weighted by molar-refractivity contribution is -0.145. The molecule has 1 aliphatic heterocycles. The molecule has 1 saturated heterocycles. The number of hydrogen-bond donors (Lipinski definition) is 2. The first-order valence-electron chi connectivity index (χ1n) is 9.24. The molecule has 0 radical (unpaired) electrons. The first-order valence-corrected chi connectivity index (χ1v) is 9.24. The van der Waals surface area contributed by atoms with E-state index in [-0.39, 0.29) is 24.5 Å². The van der Waals surface area contributed by atoms with E-state index in [9.17, 15) is 14.7 Å². The van der Waals surface area contributed by atoms with Gasteiger partial charge < -0.3 is 15.2 Å². The highest BCUT2D eigenvalue weighted by Crippen LogP contribution is 2.21. The Labute approximate surface area is 155 Å². The second-order valence-corrected chi connectivity index (χ2v) is 7.52. The van der Waals surface area contributed by atoms with Gasteiger partial charge in [0.25, 0.3) is 0 Å². The molecular weight excluding hydrogens is 332 g/mol. The van der Waals surface area contributed by atoms with Gasteiger partial charge >= 0.3 is 5.97 Å². The van der Waals surface area contributed by atoms with Crippen molar-refractivity contribution in [2.45, 2.75) is 46.4 Å². The smallest absolute Gasteiger partial charge is 0.307 e. The zero-order valence-electron chi connectivity index (χ0n) is 15.9. The Morgan fingerprint density at radius 2 is 1.88 bits per heavy atom. The van der Waals surface area contributed by atoms with Crippen LogP contribution in [-0.2, 0) is 27.5 Å². The molecule has 6 nitrogen and oxygen atoms in total. The largest absolute Gasteiger partial charge is 0.481 e. The number of rotatable bonds is 8. The number of ether oxygens (including phenoxy) is 1. The van der Waals surface area contributed by atoms with Crippen molar-refractivity contribution < 1.29 is 19.4 Å². The van der Waals surface area contributed by atoms with E-state index in [2.05, 4.69) is 5.32 Å². The van der Waals surface area contributed by atoms with Crippen molar-refractivity contribution in [3.05, 3.63) is 35.4 Å². The van der Waals surface area contributed by atoms with Crippen LogP contribution in [0.25, 0.3) is 0 Å². The molecule has 1 fully saturated rings. The number of nitrogens with one attached hydrogen (secondary N) is 1. The van der Waals surface area contributed by atoms with E-state index in [4.69, 9.17) is 4.74 Å². The van der Waals surface area contributed by atoms with Crippen molar-refractivity contribution in [2.75, 3.05) is 19.6 Å². The van der Waals surface area contributed by atoms with Gasteiger partial charge in [-0.3, -0.25) is 14.5 Å². The number of piperidine rings is 1. The summed E-state index contributed by atoms with van der Waals surface area (Å²) in [4.78, 5) is 25.3. The van der Waals surface area contributed by atoms with Gasteiger partial charge in [0.05, 0.1) is 25.2 Å². The minimum atomic E-state index is -0.775. The molecule has 26 heavy (non-hydrogen) atoms. The molecule has 0 spiro atoms. The van der Waals surface area contributed by atoms with E-state index in [1.165, 1.54) is 0 Å². The maximum atomic E-state index is 12.2. The lowest BCUT2D eigenvalue weighted by atomic mass is 9.90. The molecule has 0 aliphatic carbocycles. The third-order valence-electron chi connectivity index (χ3n) is 4.55. The van der Waals surface area contributed by atoms with E-state index >= 15 is 0 Å². The Hall–Kier alpha value is -1.92. The van der Waals surface area contributed by atoms with Crippen LogP contribution >= 0.6 is 0 Å². The Bertz CT molecular complexity index is 600. The number of likely N-dealkylation sites (tertiary alicyclic amines) is 1. The number of aliphatic carboxylic acids is 1. The van der Waals surface area contributed by atoms with Crippen LogP contribution in [-0.4, -0.2) is 47.6 Å². The van der Waals surface area contributed by atoms with Crippen molar-refractivity contribution in [1.29, 1.82) is 0 Å². The van der Waals surface area contributed by atoms with Crippen LogP contribution in [0.4, 0.5) is 0 Å². The molecule has 0 aromatic heterocycles. The van der Waals surface area contributed by atoms with Gasteiger partial charge in [0.1, 0.15) is 0 Å². The highest BCUT2D eigenvalue weighted by Gasteiger charge is 2.30. The summed E-state index contributed by atoms with van der Waals surface area (Å²) in [6.45, 7) is 8.55. The molecule has 1 aliphatic rings. The predicted molar refractivity (Wildman–Crippen MR) is 99.6 cm³/mol. The van der Waals surface area contributed by atoms with Gasteiger partial charge in [-0.25, -0.2) is 0 Å². The molecule has 2 unspecified atom stereocenters. The quantitative estimate of drug-likeness (QED) is 0.742. The first-order chi connectivity index (χ1) is 12.3. The molecule has 0 saturated carbocycles. The number of carboxylic acids is 1. The van der Waals surface area contributed by atoms with E-state index in [1.807, 2.05) is 49.9 Å². The third kappa shape index (κ3) is 6.77. The van der Waals surface area contributed by atoms with Crippen molar-refractivity contribution in [3.8, 4) is 0 Å². The topological polar surface area (TPSA) is 78.9 Å². The molecule has 2 atom stereocenters. The fourth-order valence-electron chi connectivity index (χ4n) is 3.25. The molecule has 2 N–H and O–H groups in total. The van der Waals surface area contributed by atoms with Gasteiger partial charge in [-0.1, -0.05) is 31.2 Å². The number of carbonyl (C=O) groups excluding carboxylic acids is 1. The van der Waals surface area contributed by atoms with Gasteiger partial charge in [0.15, 0.2) is 0 Å².